The molecule has 0 bridgehead atoms. The van der Waals surface area contributed by atoms with Gasteiger partial charge in [-0.05, 0) is 179 Å². The van der Waals surface area contributed by atoms with Crippen molar-refractivity contribution in [1.29, 1.82) is 0 Å². The van der Waals surface area contributed by atoms with E-state index in [4.69, 9.17) is 0 Å². The summed E-state index contributed by atoms with van der Waals surface area (Å²) in [6.07, 6.45) is 0. The minimum absolute atomic E-state index is 0.0274. The van der Waals surface area contributed by atoms with Gasteiger partial charge in [-0.25, -0.2) is 0 Å². The Labute approximate surface area is 614 Å². The number of hydrogen-bond acceptors (Lipinski definition) is 2. The quantitative estimate of drug-likeness (QED) is 0.0853. The van der Waals surface area contributed by atoms with E-state index in [1.165, 1.54) is 149 Å². The number of aromatic nitrogens is 1. The number of rotatable bonds is 8. The average molecular weight is 1340 g/mol. The van der Waals surface area contributed by atoms with Crippen molar-refractivity contribution >= 4 is 111 Å². The Morgan fingerprint density at radius 3 is 1.10 bits per heavy atom. The molecule has 2 aliphatic heterocycles. The van der Waals surface area contributed by atoms with E-state index in [1.54, 1.807) is 0 Å². The number of hydrogen-bond donors (Lipinski definition) is 0. The van der Waals surface area contributed by atoms with E-state index in [0.717, 1.165) is 45.0 Å². The molecule has 0 radical (unpaired) electrons. The molecule has 0 aliphatic carbocycles. The van der Waals surface area contributed by atoms with Crippen LogP contribution < -0.4 is 26.2 Å². The monoisotopic (exact) mass is 1340 g/mol. The fraction of sp³-hybridized carbons (Fsp3) is 0.200. The summed E-state index contributed by atoms with van der Waals surface area (Å²) in [6.45, 7) is 35.1. The second kappa shape index (κ2) is 23.3. The van der Waals surface area contributed by atoms with Crippen LogP contribution in [0.25, 0.3) is 115 Å². The van der Waals surface area contributed by atoms with E-state index in [0.29, 0.717) is 0 Å². The van der Waals surface area contributed by atoms with Crippen molar-refractivity contribution in [2.45, 2.75) is 131 Å². The number of nitrogens with zero attached hydrogens (tertiary/aromatic N) is 3. The summed E-state index contributed by atoms with van der Waals surface area (Å²) in [5.74, 6) is 0. The Morgan fingerprint density at radius 1 is 0.250 bits per heavy atom. The van der Waals surface area contributed by atoms with Gasteiger partial charge in [0, 0.05) is 61.5 Å². The maximum absolute atomic E-state index is 2.74. The maximum Gasteiger partial charge on any atom is 0.252 e. The Bertz CT molecular complexity index is 5830. The third-order valence-corrected chi connectivity index (χ3v) is 23.1. The zero-order valence-electron chi connectivity index (χ0n) is 62.9. The number of fused-ring (bicyclic) bond motifs is 5. The summed E-state index contributed by atoms with van der Waals surface area (Å²) in [7, 11) is 0. The Hall–Kier alpha value is -10.9. The summed E-state index contributed by atoms with van der Waals surface area (Å²) in [5, 5.41) is 10.4. The normalized spacial score (nSPS) is 13.5. The van der Waals surface area contributed by atoms with Crippen molar-refractivity contribution in [3.63, 3.8) is 0 Å². The molecule has 0 unspecified atom stereocenters. The van der Waals surface area contributed by atoms with E-state index in [-0.39, 0.29) is 33.8 Å². The van der Waals surface area contributed by atoms with Crippen LogP contribution in [0.3, 0.4) is 0 Å². The van der Waals surface area contributed by atoms with Crippen LogP contribution >= 0.6 is 0 Å². The van der Waals surface area contributed by atoms with Gasteiger partial charge in [0.15, 0.2) is 0 Å². The molecule has 0 amide bonds. The first-order chi connectivity index (χ1) is 49.8. The Balaban J connectivity index is 1.01. The molecular weight excluding hydrogens is 1250 g/mol. The van der Waals surface area contributed by atoms with Crippen molar-refractivity contribution in [1.82, 2.24) is 4.57 Å². The van der Waals surface area contributed by atoms with Crippen LogP contribution in [0.15, 0.2) is 273 Å². The van der Waals surface area contributed by atoms with Gasteiger partial charge in [0.25, 0.3) is 6.71 Å². The molecule has 0 atom stereocenters. The van der Waals surface area contributed by atoms with E-state index in [9.17, 15) is 0 Å². The van der Waals surface area contributed by atoms with Crippen LogP contribution in [0.5, 0.6) is 0 Å². The fourth-order valence-corrected chi connectivity index (χ4v) is 17.4. The molecule has 1 aromatic heterocycles. The summed E-state index contributed by atoms with van der Waals surface area (Å²) < 4.78 is 2.60. The molecule has 0 fully saturated rings. The average Bonchev–Trinajstić information content (AvgIpc) is 1.17. The van der Waals surface area contributed by atoms with Crippen molar-refractivity contribution in [3.05, 3.63) is 301 Å². The first kappa shape index (κ1) is 65.1. The van der Waals surface area contributed by atoms with Crippen molar-refractivity contribution < 1.29 is 0 Å². The third-order valence-electron chi connectivity index (χ3n) is 23.1. The lowest BCUT2D eigenvalue weighted by Crippen LogP contribution is -2.61. The summed E-state index contributed by atoms with van der Waals surface area (Å²) in [5.41, 5.74) is 32.0. The third kappa shape index (κ3) is 10.4. The molecule has 0 saturated carbocycles. The van der Waals surface area contributed by atoms with Gasteiger partial charge < -0.3 is 14.4 Å². The maximum atomic E-state index is 2.74. The first-order valence-electron chi connectivity index (χ1n) is 37.5. The topological polar surface area (TPSA) is 11.4 Å². The van der Waals surface area contributed by atoms with Crippen LogP contribution in [0.4, 0.5) is 34.1 Å². The van der Waals surface area contributed by atoms with Gasteiger partial charge >= 0.3 is 0 Å². The minimum Gasteiger partial charge on any atom is -0.310 e. The molecule has 15 aromatic carbocycles. The molecule has 104 heavy (non-hydrogen) atoms. The van der Waals surface area contributed by atoms with E-state index >= 15 is 0 Å². The van der Waals surface area contributed by atoms with Crippen LogP contribution in [0.1, 0.15) is 132 Å². The lowest BCUT2D eigenvalue weighted by molar-refractivity contribution is 0.569. The van der Waals surface area contributed by atoms with Gasteiger partial charge in [0.1, 0.15) is 0 Å². The molecule has 3 heterocycles. The predicted molar refractivity (Wildman–Crippen MR) is 450 cm³/mol. The lowest BCUT2D eigenvalue weighted by atomic mass is 9.33. The van der Waals surface area contributed by atoms with Crippen molar-refractivity contribution in [2.75, 3.05) is 9.80 Å². The standard InChI is InChI=1S/C100H90BN3/c1-96(2,3)69-45-38-63(39-46-69)77-34-25-35-78(64-40-47-70(48-41-64)97(4,5)6)94(77)103-83-51-44-67(68-54-71(98(7,8)9)57-72(55-68)99(10,11)12)56-82(83)101-81-50-49-74(102-84-52-42-65-30-22-36-79-80-37-23-31-66-43-53-85(102)92(90(66)80)91(84)89(65)79)60-86(81)104(88-59-73(100(13,14)15)58-87(103)93(88)101)95-75(61-26-18-16-19-27-61)32-24-33-76(95)62-28-20-17-21-29-62/h16-60H,1-15H3. The molecule has 0 spiro atoms. The summed E-state index contributed by atoms with van der Waals surface area (Å²) >= 11 is 0. The Morgan fingerprint density at radius 2 is 0.654 bits per heavy atom. The largest absolute Gasteiger partial charge is 0.310 e. The van der Waals surface area contributed by atoms with Gasteiger partial charge in [0.2, 0.25) is 0 Å². The second-order valence-electron chi connectivity index (χ2n) is 35.0. The SMILES string of the molecule is CC(C)(C)c1ccc(-c2cccc(-c3ccc(C(C)(C)C)cc3)c2N2c3ccc(-c4cc(C(C)(C)C)cc(C(C)(C)C)c4)cc3B3c4ccc(-n5c6ccc7cccc8c9cccc%10ccc5c(c%109)c6c78)cc4N(c4c(-c5ccccc5)cccc4-c4ccccc4)c4cc(C(C)(C)C)cc2c43)cc1. The summed E-state index contributed by atoms with van der Waals surface area (Å²) in [4.78, 5) is 5.46. The van der Waals surface area contributed by atoms with Crippen molar-refractivity contribution in [3.8, 4) is 61.3 Å². The van der Waals surface area contributed by atoms with Gasteiger partial charge in [-0.3, -0.25) is 0 Å². The lowest BCUT2D eigenvalue weighted by Gasteiger charge is -2.46. The van der Waals surface area contributed by atoms with Crippen LogP contribution in [0.2, 0.25) is 0 Å². The van der Waals surface area contributed by atoms with Crippen LogP contribution in [-0.2, 0) is 27.1 Å². The number of anilines is 6. The van der Waals surface area contributed by atoms with Crippen molar-refractivity contribution in [2.24, 2.45) is 0 Å². The first-order valence-corrected chi connectivity index (χ1v) is 37.5. The second-order valence-corrected chi connectivity index (χ2v) is 35.0. The highest BCUT2D eigenvalue weighted by Crippen LogP contribution is 2.56. The Kier molecular flexibility index (Phi) is 14.6. The van der Waals surface area contributed by atoms with E-state index in [2.05, 4.69) is 391 Å². The fourth-order valence-electron chi connectivity index (χ4n) is 17.4. The number of para-hydroxylation sites is 2. The highest BCUT2D eigenvalue weighted by molar-refractivity contribution is 7.00. The smallest absolute Gasteiger partial charge is 0.252 e. The molecule has 0 saturated heterocycles. The molecular formula is C100H90BN3. The molecule has 0 N–H and O–H groups in total. The van der Waals surface area contributed by atoms with Gasteiger partial charge in [0.05, 0.1) is 22.4 Å². The van der Waals surface area contributed by atoms with Gasteiger partial charge in [-0.1, -0.05) is 334 Å². The molecule has 18 rings (SSSR count). The van der Waals surface area contributed by atoms with E-state index in [1.807, 2.05) is 0 Å². The van der Waals surface area contributed by atoms with E-state index < -0.39 is 0 Å². The minimum atomic E-state index is -0.304. The molecule has 2 aliphatic rings. The molecule has 16 aromatic rings. The van der Waals surface area contributed by atoms with Gasteiger partial charge in [-0.15, -0.1) is 0 Å². The summed E-state index contributed by atoms with van der Waals surface area (Å²) in [6, 6.07) is 106. The number of benzene rings is 15. The van der Waals surface area contributed by atoms with Crippen LogP contribution in [0, 0.1) is 0 Å². The molecule has 4 heteroatoms. The highest BCUT2D eigenvalue weighted by Gasteiger charge is 2.46. The molecule has 3 nitrogen and oxygen atoms in total. The highest BCUT2D eigenvalue weighted by atomic mass is 15.2. The van der Waals surface area contributed by atoms with Gasteiger partial charge in [-0.2, -0.15) is 0 Å². The molecule has 508 valence electrons. The zero-order valence-corrected chi connectivity index (χ0v) is 62.9. The zero-order chi connectivity index (χ0) is 71.8. The van der Waals surface area contributed by atoms with Crippen LogP contribution in [-0.4, -0.2) is 11.3 Å². The predicted octanol–water partition coefficient (Wildman–Crippen LogP) is 26.0.